The number of hydrogen-bond acceptors (Lipinski definition) is 5. The van der Waals surface area contributed by atoms with Crippen LogP contribution in [0, 0.1) is 0 Å². The van der Waals surface area contributed by atoms with Gasteiger partial charge in [0, 0.05) is 20.0 Å². The predicted molar refractivity (Wildman–Crippen MR) is 78.7 cm³/mol. The van der Waals surface area contributed by atoms with Crippen molar-refractivity contribution in [2.24, 2.45) is 5.73 Å². The number of phenolic OH excluding ortho intramolecular Hbond substituents is 1. The third-order valence-electron chi connectivity index (χ3n) is 3.19. The first-order chi connectivity index (χ1) is 9.93. The van der Waals surface area contributed by atoms with Gasteiger partial charge in [-0.15, -0.1) is 0 Å². The number of phenols is 1. The summed E-state index contributed by atoms with van der Waals surface area (Å²) in [6, 6.07) is 5.95. The highest BCUT2D eigenvalue weighted by Crippen LogP contribution is 2.11. The van der Waals surface area contributed by atoms with Crippen LogP contribution in [-0.2, 0) is 20.7 Å². The zero-order valence-electron chi connectivity index (χ0n) is 12.4. The molecule has 0 saturated carbocycles. The van der Waals surface area contributed by atoms with Gasteiger partial charge >= 0.3 is 5.97 Å². The molecule has 116 valence electrons. The van der Waals surface area contributed by atoms with Gasteiger partial charge in [0.15, 0.2) is 0 Å². The maximum absolute atomic E-state index is 12.1. The molecule has 0 radical (unpaired) electrons. The van der Waals surface area contributed by atoms with E-state index in [0.29, 0.717) is 19.4 Å². The fraction of sp³-hybridized carbons (Fsp3) is 0.467. The van der Waals surface area contributed by atoms with Gasteiger partial charge in [-0.2, -0.15) is 0 Å². The van der Waals surface area contributed by atoms with Gasteiger partial charge in [0.05, 0.1) is 13.2 Å². The monoisotopic (exact) mass is 294 g/mol. The Morgan fingerprint density at radius 3 is 2.52 bits per heavy atom. The number of carbonyl (C=O) groups is 2. The Kier molecular flexibility index (Phi) is 6.68. The third-order valence-corrected chi connectivity index (χ3v) is 3.19. The second kappa shape index (κ2) is 8.26. The number of esters is 1. The maximum atomic E-state index is 12.1. The van der Waals surface area contributed by atoms with Crippen molar-refractivity contribution < 1.29 is 19.4 Å². The summed E-state index contributed by atoms with van der Waals surface area (Å²) in [5.41, 5.74) is 6.79. The standard InChI is InChI=1S/C15H22N2O4/c1-17(9-3-4-14(19)21-2)15(20)13(16)10-11-5-7-12(18)8-6-11/h5-8,13,18H,3-4,9-10,16H2,1-2H3/t13-/m0/s1. The summed E-state index contributed by atoms with van der Waals surface area (Å²) in [6.07, 6.45) is 1.22. The molecule has 21 heavy (non-hydrogen) atoms. The van der Waals surface area contributed by atoms with Crippen molar-refractivity contribution in [3.63, 3.8) is 0 Å². The maximum Gasteiger partial charge on any atom is 0.305 e. The molecule has 0 aromatic heterocycles. The summed E-state index contributed by atoms with van der Waals surface area (Å²) in [4.78, 5) is 24.6. The van der Waals surface area contributed by atoms with Crippen LogP contribution in [0.1, 0.15) is 18.4 Å². The fourth-order valence-corrected chi connectivity index (χ4v) is 1.93. The Bertz CT molecular complexity index is 473. The number of carbonyl (C=O) groups excluding carboxylic acids is 2. The van der Waals surface area contributed by atoms with E-state index >= 15 is 0 Å². The van der Waals surface area contributed by atoms with Crippen LogP contribution in [0.4, 0.5) is 0 Å². The average molecular weight is 294 g/mol. The van der Waals surface area contributed by atoms with Crippen molar-refractivity contribution in [1.29, 1.82) is 0 Å². The van der Waals surface area contributed by atoms with Gasteiger partial charge in [0.25, 0.3) is 0 Å². The lowest BCUT2D eigenvalue weighted by Crippen LogP contribution is -2.43. The van der Waals surface area contributed by atoms with E-state index in [-0.39, 0.29) is 24.0 Å². The number of methoxy groups -OCH3 is 1. The molecule has 1 atom stereocenters. The Hall–Kier alpha value is -2.08. The zero-order chi connectivity index (χ0) is 15.8. The molecule has 0 bridgehead atoms. The van der Waals surface area contributed by atoms with Crippen molar-refractivity contribution in [2.75, 3.05) is 20.7 Å². The highest BCUT2D eigenvalue weighted by Gasteiger charge is 2.18. The molecule has 0 aliphatic heterocycles. The quantitative estimate of drug-likeness (QED) is 0.721. The van der Waals surface area contributed by atoms with Gasteiger partial charge in [-0.05, 0) is 30.5 Å². The van der Waals surface area contributed by atoms with Gasteiger partial charge in [-0.25, -0.2) is 0 Å². The lowest BCUT2D eigenvalue weighted by atomic mass is 10.1. The van der Waals surface area contributed by atoms with E-state index in [0.717, 1.165) is 5.56 Å². The molecule has 0 heterocycles. The highest BCUT2D eigenvalue weighted by molar-refractivity contribution is 5.81. The third kappa shape index (κ3) is 5.83. The minimum absolute atomic E-state index is 0.173. The largest absolute Gasteiger partial charge is 0.508 e. The van der Waals surface area contributed by atoms with E-state index in [2.05, 4.69) is 4.74 Å². The number of nitrogens with zero attached hydrogens (tertiary/aromatic N) is 1. The average Bonchev–Trinajstić information content (AvgIpc) is 2.48. The first-order valence-corrected chi connectivity index (χ1v) is 6.79. The van der Waals surface area contributed by atoms with E-state index in [4.69, 9.17) is 5.73 Å². The van der Waals surface area contributed by atoms with Gasteiger partial charge in [0.2, 0.25) is 5.91 Å². The Balaban J connectivity index is 2.42. The number of benzene rings is 1. The molecule has 1 rings (SSSR count). The SMILES string of the molecule is COC(=O)CCCN(C)C(=O)[C@@H](N)Cc1ccc(O)cc1. The van der Waals surface area contributed by atoms with Gasteiger partial charge < -0.3 is 20.5 Å². The number of amides is 1. The first-order valence-electron chi connectivity index (χ1n) is 6.79. The lowest BCUT2D eigenvalue weighted by Gasteiger charge is -2.21. The number of aromatic hydroxyl groups is 1. The normalized spacial score (nSPS) is 11.8. The molecule has 0 aliphatic rings. The van der Waals surface area contributed by atoms with Crippen molar-refractivity contribution in [1.82, 2.24) is 4.90 Å². The molecule has 6 nitrogen and oxygen atoms in total. The van der Waals surface area contributed by atoms with Crippen molar-refractivity contribution in [2.45, 2.75) is 25.3 Å². The van der Waals surface area contributed by atoms with E-state index in [1.54, 1.807) is 31.3 Å². The van der Waals surface area contributed by atoms with E-state index in [1.165, 1.54) is 12.0 Å². The Morgan fingerprint density at radius 1 is 1.33 bits per heavy atom. The van der Waals surface area contributed by atoms with Crippen LogP contribution in [0.2, 0.25) is 0 Å². The van der Waals surface area contributed by atoms with Crippen LogP contribution in [-0.4, -0.2) is 48.6 Å². The number of ether oxygens (including phenoxy) is 1. The number of nitrogens with two attached hydrogens (primary N) is 1. The van der Waals surface area contributed by atoms with Crippen LogP contribution < -0.4 is 5.73 Å². The molecule has 0 aliphatic carbocycles. The number of likely N-dealkylation sites (N-methyl/N-ethyl adjacent to an activating group) is 1. The van der Waals surface area contributed by atoms with E-state index in [1.807, 2.05) is 0 Å². The molecule has 0 spiro atoms. The Labute approximate surface area is 124 Å². The summed E-state index contributed by atoms with van der Waals surface area (Å²) in [6.45, 7) is 0.456. The lowest BCUT2D eigenvalue weighted by molar-refractivity contribution is -0.141. The summed E-state index contributed by atoms with van der Waals surface area (Å²) in [7, 11) is 3.00. The molecular formula is C15H22N2O4. The molecule has 0 fully saturated rings. The minimum atomic E-state index is -0.641. The molecule has 0 saturated heterocycles. The molecule has 3 N–H and O–H groups in total. The van der Waals surface area contributed by atoms with Crippen molar-refractivity contribution in [3.05, 3.63) is 29.8 Å². The zero-order valence-corrected chi connectivity index (χ0v) is 12.4. The highest BCUT2D eigenvalue weighted by atomic mass is 16.5. The second-order valence-electron chi connectivity index (χ2n) is 4.92. The summed E-state index contributed by atoms with van der Waals surface area (Å²) < 4.78 is 4.54. The molecule has 0 unspecified atom stereocenters. The van der Waals surface area contributed by atoms with Crippen LogP contribution >= 0.6 is 0 Å². The van der Waals surface area contributed by atoms with E-state index in [9.17, 15) is 14.7 Å². The summed E-state index contributed by atoms with van der Waals surface area (Å²) >= 11 is 0. The topological polar surface area (TPSA) is 92.9 Å². The van der Waals surface area contributed by atoms with Crippen molar-refractivity contribution in [3.8, 4) is 5.75 Å². The molecule has 1 aromatic carbocycles. The van der Waals surface area contributed by atoms with Gasteiger partial charge in [-0.3, -0.25) is 9.59 Å². The molecular weight excluding hydrogens is 272 g/mol. The van der Waals surface area contributed by atoms with E-state index < -0.39 is 6.04 Å². The Morgan fingerprint density at radius 2 is 1.95 bits per heavy atom. The summed E-state index contributed by atoms with van der Waals surface area (Å²) in [5.74, 6) is -0.282. The molecule has 6 heteroatoms. The second-order valence-corrected chi connectivity index (χ2v) is 4.92. The van der Waals surface area contributed by atoms with Crippen LogP contribution in [0.15, 0.2) is 24.3 Å². The molecule has 1 amide bonds. The van der Waals surface area contributed by atoms with Crippen LogP contribution in [0.3, 0.4) is 0 Å². The van der Waals surface area contributed by atoms with Gasteiger partial charge in [-0.1, -0.05) is 12.1 Å². The smallest absolute Gasteiger partial charge is 0.305 e. The minimum Gasteiger partial charge on any atom is -0.508 e. The summed E-state index contributed by atoms with van der Waals surface area (Å²) in [5, 5.41) is 9.21. The first kappa shape index (κ1) is 17.0. The van der Waals surface area contributed by atoms with Gasteiger partial charge in [0.1, 0.15) is 5.75 Å². The van der Waals surface area contributed by atoms with Crippen molar-refractivity contribution >= 4 is 11.9 Å². The van der Waals surface area contributed by atoms with Crippen LogP contribution in [0.5, 0.6) is 5.75 Å². The van der Waals surface area contributed by atoms with Crippen LogP contribution in [0.25, 0.3) is 0 Å². The number of rotatable bonds is 7. The molecule has 1 aromatic rings. The number of hydrogen-bond donors (Lipinski definition) is 2. The fourth-order valence-electron chi connectivity index (χ4n) is 1.93. The predicted octanol–water partition coefficient (Wildman–Crippen LogP) is 0.674.